The van der Waals surface area contributed by atoms with Gasteiger partial charge in [0.15, 0.2) is 0 Å². The SMILES string of the molecule is CC(=O)NCc1ccc(-c2cccc(C#N)c2)o1. The van der Waals surface area contributed by atoms with Crippen molar-refractivity contribution in [1.82, 2.24) is 5.32 Å². The molecule has 4 heteroatoms. The summed E-state index contributed by atoms with van der Waals surface area (Å²) >= 11 is 0. The maximum Gasteiger partial charge on any atom is 0.217 e. The monoisotopic (exact) mass is 240 g/mol. The van der Waals surface area contributed by atoms with Crippen LogP contribution in [0.4, 0.5) is 0 Å². The van der Waals surface area contributed by atoms with Gasteiger partial charge in [0.25, 0.3) is 0 Å². The number of furan rings is 1. The molecule has 2 aromatic rings. The van der Waals surface area contributed by atoms with Crippen molar-refractivity contribution in [2.24, 2.45) is 0 Å². The predicted molar refractivity (Wildman–Crippen MR) is 66.4 cm³/mol. The number of hydrogen-bond acceptors (Lipinski definition) is 3. The molecule has 2 rings (SSSR count). The Kier molecular flexibility index (Phi) is 3.44. The van der Waals surface area contributed by atoms with E-state index >= 15 is 0 Å². The van der Waals surface area contributed by atoms with Gasteiger partial charge in [-0.25, -0.2) is 0 Å². The molecule has 0 atom stereocenters. The van der Waals surface area contributed by atoms with Crippen LogP contribution in [-0.4, -0.2) is 5.91 Å². The van der Waals surface area contributed by atoms with Gasteiger partial charge >= 0.3 is 0 Å². The summed E-state index contributed by atoms with van der Waals surface area (Å²) in [6.45, 7) is 1.83. The van der Waals surface area contributed by atoms with E-state index in [1.165, 1.54) is 6.92 Å². The molecule has 0 fully saturated rings. The lowest BCUT2D eigenvalue weighted by molar-refractivity contribution is -0.119. The summed E-state index contributed by atoms with van der Waals surface area (Å²) in [4.78, 5) is 10.8. The standard InChI is InChI=1S/C14H12N2O2/c1-10(17)16-9-13-5-6-14(18-13)12-4-2-3-11(7-12)8-15/h2-7H,9H2,1H3,(H,16,17). The molecule has 0 saturated carbocycles. The summed E-state index contributed by atoms with van der Waals surface area (Å²) in [7, 11) is 0. The fourth-order valence-electron chi connectivity index (χ4n) is 1.58. The van der Waals surface area contributed by atoms with Gasteiger partial charge in [-0.2, -0.15) is 5.26 Å². The highest BCUT2D eigenvalue weighted by Gasteiger charge is 2.05. The van der Waals surface area contributed by atoms with Crippen LogP contribution in [0, 0.1) is 11.3 Å². The molecule has 0 radical (unpaired) electrons. The molecule has 0 bridgehead atoms. The zero-order chi connectivity index (χ0) is 13.0. The average molecular weight is 240 g/mol. The Morgan fingerprint density at radius 1 is 1.39 bits per heavy atom. The van der Waals surface area contributed by atoms with Gasteiger partial charge in [-0.05, 0) is 24.3 Å². The van der Waals surface area contributed by atoms with E-state index in [1.54, 1.807) is 12.1 Å². The van der Waals surface area contributed by atoms with Crippen molar-refractivity contribution in [3.05, 3.63) is 47.7 Å². The largest absolute Gasteiger partial charge is 0.459 e. The van der Waals surface area contributed by atoms with Crippen LogP contribution in [0.2, 0.25) is 0 Å². The summed E-state index contributed by atoms with van der Waals surface area (Å²) in [5, 5.41) is 11.5. The minimum atomic E-state index is -0.0978. The Balaban J connectivity index is 2.19. The van der Waals surface area contributed by atoms with Crippen LogP contribution < -0.4 is 5.32 Å². The van der Waals surface area contributed by atoms with E-state index < -0.39 is 0 Å². The minimum Gasteiger partial charge on any atom is -0.459 e. The molecule has 1 heterocycles. The normalized spacial score (nSPS) is 9.78. The van der Waals surface area contributed by atoms with E-state index in [0.717, 1.165) is 5.56 Å². The second kappa shape index (κ2) is 5.19. The van der Waals surface area contributed by atoms with E-state index in [4.69, 9.17) is 9.68 Å². The molecule has 1 aromatic heterocycles. The first kappa shape index (κ1) is 11.9. The Bertz CT molecular complexity index is 608. The van der Waals surface area contributed by atoms with E-state index in [2.05, 4.69) is 11.4 Å². The first-order chi connectivity index (χ1) is 8.69. The summed E-state index contributed by atoms with van der Waals surface area (Å²) in [6.07, 6.45) is 0. The fourth-order valence-corrected chi connectivity index (χ4v) is 1.58. The molecule has 1 amide bonds. The highest BCUT2D eigenvalue weighted by Crippen LogP contribution is 2.22. The third-order valence-electron chi connectivity index (χ3n) is 2.45. The number of hydrogen-bond donors (Lipinski definition) is 1. The van der Waals surface area contributed by atoms with Crippen molar-refractivity contribution >= 4 is 5.91 Å². The number of nitrogens with zero attached hydrogens (tertiary/aromatic N) is 1. The summed E-state index contributed by atoms with van der Waals surface area (Å²) in [5.41, 5.74) is 1.44. The maximum absolute atomic E-state index is 10.8. The molecular formula is C14H12N2O2. The number of carbonyl (C=O) groups excluding carboxylic acids is 1. The second-order valence-corrected chi connectivity index (χ2v) is 3.87. The molecule has 1 aromatic carbocycles. The molecule has 4 nitrogen and oxygen atoms in total. The third kappa shape index (κ3) is 2.77. The van der Waals surface area contributed by atoms with Gasteiger partial charge in [-0.15, -0.1) is 0 Å². The van der Waals surface area contributed by atoms with Crippen LogP contribution in [0.15, 0.2) is 40.8 Å². The lowest BCUT2D eigenvalue weighted by Gasteiger charge is -1.99. The van der Waals surface area contributed by atoms with Gasteiger partial charge in [-0.1, -0.05) is 12.1 Å². The minimum absolute atomic E-state index is 0.0978. The van der Waals surface area contributed by atoms with E-state index in [9.17, 15) is 4.79 Å². The lowest BCUT2D eigenvalue weighted by Crippen LogP contribution is -2.18. The Morgan fingerprint density at radius 2 is 2.22 bits per heavy atom. The first-order valence-corrected chi connectivity index (χ1v) is 5.53. The van der Waals surface area contributed by atoms with Crippen molar-refractivity contribution < 1.29 is 9.21 Å². The molecule has 0 spiro atoms. The van der Waals surface area contributed by atoms with Crippen LogP contribution >= 0.6 is 0 Å². The highest BCUT2D eigenvalue weighted by molar-refractivity contribution is 5.72. The zero-order valence-electron chi connectivity index (χ0n) is 9.93. The smallest absolute Gasteiger partial charge is 0.217 e. The van der Waals surface area contributed by atoms with Crippen molar-refractivity contribution in [2.45, 2.75) is 13.5 Å². The molecule has 0 aliphatic carbocycles. The van der Waals surface area contributed by atoms with Gasteiger partial charge in [0.05, 0.1) is 18.2 Å². The molecule has 0 aliphatic rings. The molecule has 90 valence electrons. The van der Waals surface area contributed by atoms with Gasteiger partial charge in [0.2, 0.25) is 5.91 Å². The van der Waals surface area contributed by atoms with Crippen LogP contribution in [0.3, 0.4) is 0 Å². The first-order valence-electron chi connectivity index (χ1n) is 5.53. The van der Waals surface area contributed by atoms with Gasteiger partial charge in [0, 0.05) is 12.5 Å². The molecule has 0 aliphatic heterocycles. The topological polar surface area (TPSA) is 66.0 Å². The average Bonchev–Trinajstić information content (AvgIpc) is 2.85. The Labute approximate surface area is 105 Å². The number of nitrogens with one attached hydrogen (secondary N) is 1. The third-order valence-corrected chi connectivity index (χ3v) is 2.45. The van der Waals surface area contributed by atoms with E-state index in [0.29, 0.717) is 23.6 Å². The molecule has 18 heavy (non-hydrogen) atoms. The number of amides is 1. The van der Waals surface area contributed by atoms with Crippen LogP contribution in [-0.2, 0) is 11.3 Å². The number of nitriles is 1. The van der Waals surface area contributed by atoms with Crippen LogP contribution in [0.1, 0.15) is 18.2 Å². The number of rotatable bonds is 3. The van der Waals surface area contributed by atoms with E-state index in [1.807, 2.05) is 24.3 Å². The zero-order valence-corrected chi connectivity index (χ0v) is 9.93. The van der Waals surface area contributed by atoms with Crippen LogP contribution in [0.25, 0.3) is 11.3 Å². The van der Waals surface area contributed by atoms with Crippen LogP contribution in [0.5, 0.6) is 0 Å². The highest BCUT2D eigenvalue weighted by atomic mass is 16.3. The Morgan fingerprint density at radius 3 is 2.94 bits per heavy atom. The van der Waals surface area contributed by atoms with Gasteiger partial charge in [-0.3, -0.25) is 4.79 Å². The molecular weight excluding hydrogens is 228 g/mol. The van der Waals surface area contributed by atoms with Gasteiger partial charge in [0.1, 0.15) is 11.5 Å². The number of benzene rings is 1. The molecule has 0 unspecified atom stereocenters. The predicted octanol–water partition coefficient (Wildman–Crippen LogP) is 2.45. The van der Waals surface area contributed by atoms with Crippen molar-refractivity contribution in [3.63, 3.8) is 0 Å². The summed E-state index contributed by atoms with van der Waals surface area (Å²) in [6, 6.07) is 12.9. The second-order valence-electron chi connectivity index (χ2n) is 3.87. The van der Waals surface area contributed by atoms with Gasteiger partial charge < -0.3 is 9.73 Å². The number of carbonyl (C=O) groups is 1. The fraction of sp³-hybridized carbons (Fsp3) is 0.143. The molecule has 1 N–H and O–H groups in total. The Hall–Kier alpha value is -2.54. The summed E-state index contributed by atoms with van der Waals surface area (Å²) in [5.74, 6) is 1.27. The van der Waals surface area contributed by atoms with E-state index in [-0.39, 0.29) is 5.91 Å². The van der Waals surface area contributed by atoms with Crippen molar-refractivity contribution in [2.75, 3.05) is 0 Å². The van der Waals surface area contributed by atoms with Crippen molar-refractivity contribution in [1.29, 1.82) is 5.26 Å². The van der Waals surface area contributed by atoms with Crippen molar-refractivity contribution in [3.8, 4) is 17.4 Å². The summed E-state index contributed by atoms with van der Waals surface area (Å²) < 4.78 is 5.60. The maximum atomic E-state index is 10.8. The quantitative estimate of drug-likeness (QED) is 0.896. The lowest BCUT2D eigenvalue weighted by atomic mass is 10.1. The molecule has 0 saturated heterocycles.